The molecule has 1 saturated carbocycles. The van der Waals surface area contributed by atoms with Crippen molar-refractivity contribution in [3.63, 3.8) is 0 Å². The van der Waals surface area contributed by atoms with Crippen molar-refractivity contribution in [2.45, 2.75) is 58.0 Å². The minimum atomic E-state index is -0.211. The Morgan fingerprint density at radius 1 is 1.31 bits per heavy atom. The van der Waals surface area contributed by atoms with Gasteiger partial charge in [0.15, 0.2) is 6.17 Å². The molecule has 0 saturated heterocycles. The van der Waals surface area contributed by atoms with Gasteiger partial charge in [0.2, 0.25) is 0 Å². The number of ether oxygens (including phenoxy) is 2. The van der Waals surface area contributed by atoms with Crippen LogP contribution in [0.15, 0.2) is 88.8 Å². The molecule has 1 N–H and O–H groups in total. The van der Waals surface area contributed by atoms with Crippen molar-refractivity contribution in [2.75, 3.05) is 7.11 Å². The van der Waals surface area contributed by atoms with Crippen molar-refractivity contribution in [2.24, 2.45) is 27.7 Å². The minimum absolute atomic E-state index is 0.211. The molecule has 1 aromatic rings. The molecular weight excluding hydrogens is 446 g/mol. The average Bonchev–Trinajstić information content (AvgIpc) is 3.56. The number of rotatable bonds is 10. The van der Waals surface area contributed by atoms with Gasteiger partial charge in [0.05, 0.1) is 7.11 Å². The second-order valence-corrected chi connectivity index (χ2v) is 10.3. The fraction of sp³-hybridized carbons (Fsp3) is 0.419. The fourth-order valence-corrected chi connectivity index (χ4v) is 5.15. The minimum Gasteiger partial charge on any atom is -0.497 e. The molecule has 1 aromatic carbocycles. The highest BCUT2D eigenvalue weighted by Gasteiger charge is 2.41. The van der Waals surface area contributed by atoms with Gasteiger partial charge >= 0.3 is 0 Å². The first-order valence-electron chi connectivity index (χ1n) is 13.2. The fourth-order valence-electron chi connectivity index (χ4n) is 5.15. The number of fused-ring (bicyclic) bond motifs is 3. The van der Waals surface area contributed by atoms with Gasteiger partial charge in [-0.1, -0.05) is 56.0 Å². The second kappa shape index (κ2) is 10.7. The summed E-state index contributed by atoms with van der Waals surface area (Å²) in [5.74, 6) is 6.74. The van der Waals surface area contributed by atoms with Crippen molar-refractivity contribution in [3.05, 3.63) is 90.0 Å². The average molecular weight is 484 g/mol. The SMILES string of the molecule is C=C(/C=C\CC[C@H](C)C/C=C\[C@H]1C[C@@H]1C1=NC(c2ccc3c(c2)OC2=CC=CCC23)N=C(C)N1)OC. The first-order valence-corrected chi connectivity index (χ1v) is 13.2. The standard InChI is InChI=1S/C31H37N3O2/c1-20(10-5-6-12-21(2)35-4)11-9-13-23-18-27(23)31-33-22(3)32-30(34-31)24-16-17-26-25-14-7-8-15-28(25)36-29(26)19-24/h6-9,12-13,15-17,19-20,23,25,27,30H,2,5,10-11,14,18H2,1,3-4H3,(H,32,33,34)/b12-6-,13-9-/t20-,23-,25?,27-,30?/m0/s1. The van der Waals surface area contributed by atoms with E-state index in [1.807, 2.05) is 13.0 Å². The zero-order valence-electron chi connectivity index (χ0n) is 21.6. The Morgan fingerprint density at radius 3 is 3.06 bits per heavy atom. The molecular formula is C31H37N3O2. The predicted octanol–water partition coefficient (Wildman–Crippen LogP) is 7.14. The second-order valence-electron chi connectivity index (χ2n) is 10.3. The summed E-state index contributed by atoms with van der Waals surface area (Å²) in [6, 6.07) is 6.50. The Balaban J connectivity index is 1.16. The van der Waals surface area contributed by atoms with Crippen LogP contribution < -0.4 is 10.1 Å². The van der Waals surface area contributed by atoms with Crippen molar-refractivity contribution >= 4 is 11.7 Å². The molecule has 5 nitrogen and oxygen atoms in total. The third-order valence-corrected chi connectivity index (χ3v) is 7.44. The van der Waals surface area contributed by atoms with E-state index in [4.69, 9.17) is 19.5 Å². The Kier molecular flexibility index (Phi) is 7.26. The van der Waals surface area contributed by atoms with Crippen molar-refractivity contribution < 1.29 is 9.47 Å². The first kappa shape index (κ1) is 24.4. The first-order chi connectivity index (χ1) is 17.5. The van der Waals surface area contributed by atoms with Crippen LogP contribution in [0, 0.1) is 17.8 Å². The highest BCUT2D eigenvalue weighted by molar-refractivity contribution is 6.03. The van der Waals surface area contributed by atoms with Crippen LogP contribution in [0.4, 0.5) is 0 Å². The topological polar surface area (TPSA) is 55.2 Å². The summed E-state index contributed by atoms with van der Waals surface area (Å²) in [5, 5.41) is 3.44. The summed E-state index contributed by atoms with van der Waals surface area (Å²) < 4.78 is 11.2. The number of aliphatic imine (C=N–C) groups is 2. The largest absolute Gasteiger partial charge is 0.497 e. The Bertz CT molecular complexity index is 1190. The molecule has 0 aromatic heterocycles. The van der Waals surface area contributed by atoms with E-state index in [0.717, 1.165) is 60.8 Å². The summed E-state index contributed by atoms with van der Waals surface area (Å²) in [6.07, 6.45) is 20.5. The Morgan fingerprint density at radius 2 is 2.19 bits per heavy atom. The molecule has 2 unspecified atom stereocenters. The summed E-state index contributed by atoms with van der Waals surface area (Å²) in [5.41, 5.74) is 2.36. The molecule has 5 rings (SSSR count). The van der Waals surface area contributed by atoms with Crippen molar-refractivity contribution in [1.29, 1.82) is 0 Å². The quantitative estimate of drug-likeness (QED) is 0.219. The molecule has 0 radical (unpaired) electrons. The number of hydrogen-bond donors (Lipinski definition) is 1. The Hall–Kier alpha value is -3.34. The number of nitrogens with zero attached hydrogens (tertiary/aromatic N) is 2. The zero-order chi connectivity index (χ0) is 25.1. The van der Waals surface area contributed by atoms with Gasteiger partial charge in [-0.15, -0.1) is 0 Å². The van der Waals surface area contributed by atoms with E-state index in [0.29, 0.717) is 29.4 Å². The number of hydrogen-bond acceptors (Lipinski definition) is 5. The lowest BCUT2D eigenvalue weighted by Gasteiger charge is -2.20. The highest BCUT2D eigenvalue weighted by atomic mass is 16.5. The molecule has 5 heteroatoms. The van der Waals surface area contributed by atoms with Crippen LogP contribution in [-0.2, 0) is 4.74 Å². The van der Waals surface area contributed by atoms with Gasteiger partial charge < -0.3 is 14.8 Å². The number of benzene rings is 1. The smallest absolute Gasteiger partial charge is 0.169 e. The molecule has 0 spiro atoms. The maximum Gasteiger partial charge on any atom is 0.169 e. The molecule has 0 amide bonds. The molecule has 2 aliphatic heterocycles. The van der Waals surface area contributed by atoms with E-state index in [2.05, 4.69) is 73.5 Å². The van der Waals surface area contributed by atoms with E-state index < -0.39 is 0 Å². The van der Waals surface area contributed by atoms with E-state index in [1.165, 1.54) is 5.56 Å². The maximum atomic E-state index is 6.16. The number of allylic oxidation sites excluding steroid dienone is 8. The highest BCUT2D eigenvalue weighted by Crippen LogP contribution is 2.46. The molecule has 2 heterocycles. The lowest BCUT2D eigenvalue weighted by molar-refractivity contribution is 0.308. The third kappa shape index (κ3) is 5.56. The van der Waals surface area contributed by atoms with E-state index in [-0.39, 0.29) is 6.17 Å². The number of amidine groups is 2. The molecule has 1 fully saturated rings. The van der Waals surface area contributed by atoms with Crippen LogP contribution >= 0.6 is 0 Å². The van der Waals surface area contributed by atoms with Crippen molar-refractivity contribution in [3.8, 4) is 5.75 Å². The lowest BCUT2D eigenvalue weighted by atomic mass is 9.91. The van der Waals surface area contributed by atoms with Gasteiger partial charge in [0.1, 0.15) is 28.9 Å². The van der Waals surface area contributed by atoms with Gasteiger partial charge in [-0.3, -0.25) is 0 Å². The third-order valence-electron chi connectivity index (χ3n) is 7.44. The molecule has 5 atom stereocenters. The van der Waals surface area contributed by atoms with Crippen LogP contribution in [0.25, 0.3) is 0 Å². The van der Waals surface area contributed by atoms with Gasteiger partial charge in [0, 0.05) is 23.0 Å². The van der Waals surface area contributed by atoms with E-state index in [1.54, 1.807) is 7.11 Å². The summed E-state index contributed by atoms with van der Waals surface area (Å²) in [7, 11) is 1.65. The lowest BCUT2D eigenvalue weighted by Crippen LogP contribution is -2.34. The Labute approximate surface area is 215 Å². The normalized spacial score (nSPS) is 26.9. The number of methoxy groups -OCH3 is 1. The van der Waals surface area contributed by atoms with Gasteiger partial charge in [-0.25, -0.2) is 9.98 Å². The zero-order valence-corrected chi connectivity index (χ0v) is 21.6. The van der Waals surface area contributed by atoms with Crippen LogP contribution in [-0.4, -0.2) is 18.8 Å². The summed E-state index contributed by atoms with van der Waals surface area (Å²) >= 11 is 0. The summed E-state index contributed by atoms with van der Waals surface area (Å²) in [4.78, 5) is 9.81. The van der Waals surface area contributed by atoms with Gasteiger partial charge in [-0.05, 0) is 69.1 Å². The van der Waals surface area contributed by atoms with Crippen LogP contribution in [0.1, 0.15) is 69.2 Å². The van der Waals surface area contributed by atoms with Crippen LogP contribution in [0.5, 0.6) is 5.75 Å². The molecule has 0 bridgehead atoms. The predicted molar refractivity (Wildman–Crippen MR) is 147 cm³/mol. The monoisotopic (exact) mass is 483 g/mol. The van der Waals surface area contributed by atoms with Crippen LogP contribution in [0.2, 0.25) is 0 Å². The maximum absolute atomic E-state index is 6.16. The van der Waals surface area contributed by atoms with Gasteiger partial charge in [-0.2, -0.15) is 0 Å². The van der Waals surface area contributed by atoms with E-state index >= 15 is 0 Å². The van der Waals surface area contributed by atoms with Crippen molar-refractivity contribution in [1.82, 2.24) is 5.32 Å². The van der Waals surface area contributed by atoms with E-state index in [9.17, 15) is 0 Å². The van der Waals surface area contributed by atoms with Crippen LogP contribution in [0.3, 0.4) is 0 Å². The van der Waals surface area contributed by atoms with Gasteiger partial charge in [0.25, 0.3) is 0 Å². The summed E-state index contributed by atoms with van der Waals surface area (Å²) in [6.45, 7) is 8.16. The number of nitrogens with one attached hydrogen (secondary N) is 1. The molecule has 36 heavy (non-hydrogen) atoms. The molecule has 4 aliphatic rings. The molecule has 2 aliphatic carbocycles. The molecule has 188 valence electrons.